The summed E-state index contributed by atoms with van der Waals surface area (Å²) in [5, 5.41) is 0. The molecule has 0 aromatic carbocycles. The van der Waals surface area contributed by atoms with Crippen molar-refractivity contribution in [2.45, 2.75) is 62.7 Å². The van der Waals surface area contributed by atoms with E-state index in [0.29, 0.717) is 19.7 Å². The minimum absolute atomic E-state index is 0.0300. The van der Waals surface area contributed by atoms with E-state index < -0.39 is 5.54 Å². The van der Waals surface area contributed by atoms with E-state index >= 15 is 0 Å². The summed E-state index contributed by atoms with van der Waals surface area (Å²) in [7, 11) is 0. The number of morpholine rings is 1. The Bertz CT molecular complexity index is 349. The average Bonchev–Trinajstić information content (AvgIpc) is 3.02. The van der Waals surface area contributed by atoms with Crippen molar-refractivity contribution >= 4 is 5.91 Å². The Morgan fingerprint density at radius 1 is 1.05 bits per heavy atom. The van der Waals surface area contributed by atoms with Crippen LogP contribution >= 0.6 is 0 Å². The summed E-state index contributed by atoms with van der Waals surface area (Å²) in [5.41, 5.74) is 5.74. The lowest BCUT2D eigenvalue weighted by Gasteiger charge is -2.41. The molecule has 0 bridgehead atoms. The normalized spacial score (nSPS) is 34.1. The van der Waals surface area contributed by atoms with Crippen molar-refractivity contribution in [1.29, 1.82) is 0 Å². The van der Waals surface area contributed by atoms with Crippen LogP contribution in [0.15, 0.2) is 0 Å². The van der Waals surface area contributed by atoms with Crippen molar-refractivity contribution < 1.29 is 14.3 Å². The molecule has 0 aromatic rings. The number of hydrogen-bond acceptors (Lipinski definition) is 4. The second-order valence-electron chi connectivity index (χ2n) is 6.43. The van der Waals surface area contributed by atoms with Gasteiger partial charge in [0.15, 0.2) is 0 Å². The number of carbonyl (C=O) groups is 1. The van der Waals surface area contributed by atoms with Gasteiger partial charge >= 0.3 is 0 Å². The van der Waals surface area contributed by atoms with Crippen LogP contribution in [0.25, 0.3) is 0 Å². The molecule has 3 aliphatic rings. The topological polar surface area (TPSA) is 64.8 Å². The molecule has 2 N–H and O–H groups in total. The van der Waals surface area contributed by atoms with Crippen LogP contribution in [0.1, 0.15) is 44.9 Å². The minimum Gasteiger partial charge on any atom is -0.375 e. The lowest BCUT2D eigenvalue weighted by molar-refractivity contribution is -0.151. The molecule has 5 nitrogen and oxygen atoms in total. The second kappa shape index (κ2) is 6.00. The predicted octanol–water partition coefficient (Wildman–Crippen LogP) is 1.05. The summed E-state index contributed by atoms with van der Waals surface area (Å²) >= 11 is 0. The monoisotopic (exact) mass is 282 g/mol. The van der Waals surface area contributed by atoms with Crippen molar-refractivity contribution in [2.75, 3.05) is 26.3 Å². The van der Waals surface area contributed by atoms with E-state index in [-0.39, 0.29) is 18.1 Å². The molecule has 5 heteroatoms. The summed E-state index contributed by atoms with van der Waals surface area (Å²) < 4.78 is 11.5. The van der Waals surface area contributed by atoms with Crippen LogP contribution in [0.3, 0.4) is 0 Å². The van der Waals surface area contributed by atoms with Gasteiger partial charge in [0.05, 0.1) is 18.2 Å². The third-order valence-corrected chi connectivity index (χ3v) is 4.93. The fraction of sp³-hybridized carbons (Fsp3) is 0.933. The van der Waals surface area contributed by atoms with Crippen molar-refractivity contribution in [1.82, 2.24) is 4.90 Å². The Hall–Kier alpha value is -0.650. The summed E-state index contributed by atoms with van der Waals surface area (Å²) in [6.45, 7) is 2.73. The smallest absolute Gasteiger partial charge is 0.242 e. The molecule has 1 amide bonds. The molecule has 0 aromatic heterocycles. The SMILES string of the molecule is NC1(C(=O)N2CCO[C@@H]([C@H]3CCCO3)C2)CCCCC1. The van der Waals surface area contributed by atoms with Gasteiger partial charge in [-0.25, -0.2) is 0 Å². The van der Waals surface area contributed by atoms with E-state index in [9.17, 15) is 4.79 Å². The van der Waals surface area contributed by atoms with Crippen molar-refractivity contribution in [3.8, 4) is 0 Å². The standard InChI is InChI=1S/C15H26N2O3/c16-15(6-2-1-3-7-15)14(18)17-8-10-20-13(11-17)12-5-4-9-19-12/h12-13H,1-11,16H2/t12-,13-/m1/s1. The molecule has 0 spiro atoms. The molecule has 2 heterocycles. The van der Waals surface area contributed by atoms with E-state index in [0.717, 1.165) is 45.1 Å². The first-order valence-corrected chi connectivity index (χ1v) is 8.00. The lowest BCUT2D eigenvalue weighted by atomic mass is 9.81. The quantitative estimate of drug-likeness (QED) is 0.822. The zero-order valence-electron chi connectivity index (χ0n) is 12.2. The summed E-state index contributed by atoms with van der Waals surface area (Å²) in [6, 6.07) is 0. The number of nitrogens with two attached hydrogens (primary N) is 1. The van der Waals surface area contributed by atoms with Gasteiger partial charge < -0.3 is 20.1 Å². The van der Waals surface area contributed by atoms with Crippen LogP contribution in [-0.2, 0) is 14.3 Å². The largest absolute Gasteiger partial charge is 0.375 e. The first-order valence-electron chi connectivity index (χ1n) is 8.00. The molecule has 20 heavy (non-hydrogen) atoms. The van der Waals surface area contributed by atoms with E-state index in [1.807, 2.05) is 4.90 Å². The van der Waals surface area contributed by atoms with E-state index in [4.69, 9.17) is 15.2 Å². The van der Waals surface area contributed by atoms with Gasteiger partial charge in [-0.1, -0.05) is 19.3 Å². The molecule has 3 fully saturated rings. The number of rotatable bonds is 2. The molecule has 0 unspecified atom stereocenters. The minimum atomic E-state index is -0.628. The van der Waals surface area contributed by atoms with Gasteiger partial charge in [0, 0.05) is 19.7 Å². The summed E-state index contributed by atoms with van der Waals surface area (Å²) in [6.07, 6.45) is 7.33. The molecule has 3 rings (SSSR count). The molecular weight excluding hydrogens is 256 g/mol. The van der Waals surface area contributed by atoms with Crippen LogP contribution in [0.4, 0.5) is 0 Å². The third-order valence-electron chi connectivity index (χ3n) is 4.93. The van der Waals surface area contributed by atoms with E-state index in [1.54, 1.807) is 0 Å². The van der Waals surface area contributed by atoms with Crippen LogP contribution in [0, 0.1) is 0 Å². The van der Waals surface area contributed by atoms with Crippen LogP contribution in [-0.4, -0.2) is 54.9 Å². The van der Waals surface area contributed by atoms with Crippen LogP contribution < -0.4 is 5.73 Å². The summed E-state index contributed by atoms with van der Waals surface area (Å²) in [5.74, 6) is 0.128. The highest BCUT2D eigenvalue weighted by molar-refractivity contribution is 5.86. The maximum atomic E-state index is 12.7. The van der Waals surface area contributed by atoms with Gasteiger partial charge in [-0.15, -0.1) is 0 Å². The van der Waals surface area contributed by atoms with Crippen LogP contribution in [0.2, 0.25) is 0 Å². The Labute approximate surface area is 120 Å². The second-order valence-corrected chi connectivity index (χ2v) is 6.43. The third kappa shape index (κ3) is 2.85. The van der Waals surface area contributed by atoms with Gasteiger partial charge in [0.25, 0.3) is 0 Å². The molecule has 1 saturated carbocycles. The zero-order chi connectivity index (χ0) is 14.0. The van der Waals surface area contributed by atoms with Crippen molar-refractivity contribution in [2.24, 2.45) is 5.73 Å². The molecule has 114 valence electrons. The number of hydrogen-bond donors (Lipinski definition) is 1. The lowest BCUT2D eigenvalue weighted by Crippen LogP contribution is -2.60. The highest BCUT2D eigenvalue weighted by Crippen LogP contribution is 2.29. The fourth-order valence-corrected chi connectivity index (χ4v) is 3.69. The van der Waals surface area contributed by atoms with Gasteiger partial charge in [0.1, 0.15) is 6.10 Å². The van der Waals surface area contributed by atoms with Gasteiger partial charge in [-0.2, -0.15) is 0 Å². The fourth-order valence-electron chi connectivity index (χ4n) is 3.69. The Morgan fingerprint density at radius 3 is 2.50 bits per heavy atom. The Balaban J connectivity index is 1.62. The Morgan fingerprint density at radius 2 is 1.80 bits per heavy atom. The molecule has 2 saturated heterocycles. The molecule has 2 aliphatic heterocycles. The van der Waals surface area contributed by atoms with Crippen LogP contribution in [0.5, 0.6) is 0 Å². The average molecular weight is 282 g/mol. The van der Waals surface area contributed by atoms with Gasteiger partial charge in [-0.3, -0.25) is 4.79 Å². The maximum absolute atomic E-state index is 12.7. The van der Waals surface area contributed by atoms with E-state index in [2.05, 4.69) is 0 Å². The molecule has 1 aliphatic carbocycles. The first-order chi connectivity index (χ1) is 9.69. The summed E-state index contributed by atoms with van der Waals surface area (Å²) in [4.78, 5) is 14.7. The molecule has 0 radical (unpaired) electrons. The van der Waals surface area contributed by atoms with Gasteiger partial charge in [0.2, 0.25) is 5.91 Å². The zero-order valence-corrected chi connectivity index (χ0v) is 12.2. The van der Waals surface area contributed by atoms with Crippen molar-refractivity contribution in [3.05, 3.63) is 0 Å². The predicted molar refractivity (Wildman–Crippen MR) is 75.3 cm³/mol. The number of nitrogens with zero attached hydrogens (tertiary/aromatic N) is 1. The first kappa shape index (κ1) is 14.3. The molecule has 2 atom stereocenters. The maximum Gasteiger partial charge on any atom is 0.242 e. The highest BCUT2D eigenvalue weighted by atomic mass is 16.5. The Kier molecular flexibility index (Phi) is 4.29. The van der Waals surface area contributed by atoms with Crippen molar-refractivity contribution in [3.63, 3.8) is 0 Å². The number of ether oxygens (including phenoxy) is 2. The van der Waals surface area contributed by atoms with E-state index in [1.165, 1.54) is 6.42 Å². The molecular formula is C15H26N2O3. The number of carbonyl (C=O) groups excluding carboxylic acids is 1. The highest BCUT2D eigenvalue weighted by Gasteiger charge is 2.41. The number of amides is 1. The van der Waals surface area contributed by atoms with Gasteiger partial charge in [-0.05, 0) is 25.7 Å².